The second kappa shape index (κ2) is 5.50. The molecule has 7 heteroatoms. The highest BCUT2D eigenvalue weighted by Gasteiger charge is 2.13. The summed E-state index contributed by atoms with van der Waals surface area (Å²) in [6.45, 7) is 3.49. The van der Waals surface area contributed by atoms with Crippen LogP contribution in [0.5, 0.6) is 0 Å². The average Bonchev–Trinajstić information content (AvgIpc) is 2.61. The normalized spacial score (nSPS) is 10.6. The van der Waals surface area contributed by atoms with Crippen molar-refractivity contribution in [2.45, 2.75) is 20.4 Å². The first-order chi connectivity index (χ1) is 9.38. The van der Waals surface area contributed by atoms with E-state index in [9.17, 15) is 9.18 Å². The van der Waals surface area contributed by atoms with Gasteiger partial charge in [0.15, 0.2) is 0 Å². The Kier molecular flexibility index (Phi) is 3.94. The predicted molar refractivity (Wildman–Crippen MR) is 76.2 cm³/mol. The Bertz CT molecular complexity index is 669. The van der Waals surface area contributed by atoms with Crippen molar-refractivity contribution >= 4 is 28.9 Å². The Morgan fingerprint density at radius 1 is 1.50 bits per heavy atom. The molecule has 1 amide bonds. The van der Waals surface area contributed by atoms with Gasteiger partial charge < -0.3 is 11.1 Å². The van der Waals surface area contributed by atoms with Gasteiger partial charge in [-0.1, -0.05) is 11.6 Å². The fourth-order valence-corrected chi connectivity index (χ4v) is 1.94. The lowest BCUT2D eigenvalue weighted by Gasteiger charge is -2.08. The number of hydrogen-bond acceptors (Lipinski definition) is 3. The predicted octanol–water partition coefficient (Wildman–Crippen LogP) is 2.51. The molecule has 2 aromatic rings. The van der Waals surface area contributed by atoms with Crippen LogP contribution in [0.25, 0.3) is 0 Å². The number of nitrogen functional groups attached to an aromatic ring is 1. The quantitative estimate of drug-likeness (QED) is 0.914. The van der Waals surface area contributed by atoms with Crippen LogP contribution in [0.3, 0.4) is 0 Å². The molecule has 0 unspecified atom stereocenters. The fourth-order valence-electron chi connectivity index (χ4n) is 1.78. The number of aryl methyl sites for hydroxylation is 1. The van der Waals surface area contributed by atoms with Gasteiger partial charge in [-0.05, 0) is 32.0 Å². The zero-order chi connectivity index (χ0) is 14.9. The summed E-state index contributed by atoms with van der Waals surface area (Å²) in [7, 11) is 0. The van der Waals surface area contributed by atoms with E-state index in [0.717, 1.165) is 6.07 Å². The maximum Gasteiger partial charge on any atom is 0.246 e. The van der Waals surface area contributed by atoms with Gasteiger partial charge >= 0.3 is 0 Å². The summed E-state index contributed by atoms with van der Waals surface area (Å²) in [6, 6.07) is 4.05. The largest absolute Gasteiger partial charge is 0.396 e. The zero-order valence-electron chi connectivity index (χ0n) is 11.1. The molecular formula is C13H14ClFN4O. The number of rotatable bonds is 3. The van der Waals surface area contributed by atoms with Crippen molar-refractivity contribution < 1.29 is 9.18 Å². The maximum absolute atomic E-state index is 13.6. The summed E-state index contributed by atoms with van der Waals surface area (Å²) in [5.74, 6) is -0.976. The Labute approximate surface area is 120 Å². The van der Waals surface area contributed by atoms with Crippen LogP contribution < -0.4 is 11.1 Å². The van der Waals surface area contributed by atoms with Crippen molar-refractivity contribution in [3.63, 3.8) is 0 Å². The number of amides is 1. The van der Waals surface area contributed by atoms with Crippen LogP contribution in [0.15, 0.2) is 18.2 Å². The van der Waals surface area contributed by atoms with E-state index in [1.54, 1.807) is 13.8 Å². The highest BCUT2D eigenvalue weighted by molar-refractivity contribution is 6.30. The van der Waals surface area contributed by atoms with Crippen LogP contribution >= 0.6 is 11.6 Å². The molecule has 106 valence electrons. The highest BCUT2D eigenvalue weighted by Crippen LogP contribution is 2.19. The molecule has 0 atom stereocenters. The molecule has 0 saturated carbocycles. The topological polar surface area (TPSA) is 72.9 Å². The molecule has 5 nitrogen and oxygen atoms in total. The van der Waals surface area contributed by atoms with E-state index in [4.69, 9.17) is 17.3 Å². The first kappa shape index (κ1) is 14.3. The van der Waals surface area contributed by atoms with Gasteiger partial charge in [0.1, 0.15) is 12.4 Å². The van der Waals surface area contributed by atoms with Crippen molar-refractivity contribution in [2.24, 2.45) is 0 Å². The van der Waals surface area contributed by atoms with Crippen LogP contribution in [-0.2, 0) is 11.3 Å². The first-order valence-electron chi connectivity index (χ1n) is 5.93. The summed E-state index contributed by atoms with van der Waals surface area (Å²) in [5, 5.41) is 6.88. The third kappa shape index (κ3) is 2.91. The minimum absolute atomic E-state index is 0.0358. The van der Waals surface area contributed by atoms with E-state index < -0.39 is 11.7 Å². The number of halogens is 2. The number of hydrogen-bond donors (Lipinski definition) is 2. The van der Waals surface area contributed by atoms with E-state index in [2.05, 4.69) is 10.4 Å². The zero-order valence-corrected chi connectivity index (χ0v) is 11.8. The number of nitrogens with one attached hydrogen (secondary N) is 1. The molecule has 1 aromatic heterocycles. The van der Waals surface area contributed by atoms with Gasteiger partial charge in [0.25, 0.3) is 0 Å². The number of carbonyl (C=O) groups is 1. The van der Waals surface area contributed by atoms with Gasteiger partial charge in [-0.2, -0.15) is 5.10 Å². The molecule has 20 heavy (non-hydrogen) atoms. The third-order valence-corrected chi connectivity index (χ3v) is 3.17. The number of aromatic nitrogens is 2. The van der Waals surface area contributed by atoms with E-state index in [1.807, 2.05) is 0 Å². The molecule has 2 rings (SSSR count). The molecule has 0 aliphatic heterocycles. The SMILES string of the molecule is Cc1nn(CC(=O)Nc2ccc(Cl)cc2F)c(C)c1N. The van der Waals surface area contributed by atoms with Gasteiger partial charge in [-0.15, -0.1) is 0 Å². The van der Waals surface area contributed by atoms with Crippen LogP contribution in [0.2, 0.25) is 5.02 Å². The lowest BCUT2D eigenvalue weighted by molar-refractivity contribution is -0.117. The lowest BCUT2D eigenvalue weighted by atomic mass is 10.3. The Morgan fingerprint density at radius 2 is 2.20 bits per heavy atom. The highest BCUT2D eigenvalue weighted by atomic mass is 35.5. The monoisotopic (exact) mass is 296 g/mol. The van der Waals surface area contributed by atoms with Crippen molar-refractivity contribution in [2.75, 3.05) is 11.1 Å². The minimum Gasteiger partial charge on any atom is -0.396 e. The van der Waals surface area contributed by atoms with E-state index >= 15 is 0 Å². The molecule has 0 spiro atoms. The number of nitrogens with zero attached hydrogens (tertiary/aromatic N) is 2. The molecule has 3 N–H and O–H groups in total. The average molecular weight is 297 g/mol. The smallest absolute Gasteiger partial charge is 0.246 e. The maximum atomic E-state index is 13.6. The second-order valence-electron chi connectivity index (χ2n) is 4.41. The molecule has 0 aliphatic carbocycles. The van der Waals surface area contributed by atoms with Gasteiger partial charge in [0.2, 0.25) is 5.91 Å². The molecule has 0 saturated heterocycles. The Balaban J connectivity index is 2.11. The standard InChI is InChI=1S/C13H14ClFN4O/c1-7-13(16)8(2)19(18-7)6-12(20)17-11-4-3-9(14)5-10(11)15/h3-5H,6,16H2,1-2H3,(H,17,20). The Hall–Kier alpha value is -2.08. The molecule has 0 bridgehead atoms. The molecule has 0 fully saturated rings. The second-order valence-corrected chi connectivity index (χ2v) is 4.85. The van der Waals surface area contributed by atoms with Crippen molar-refractivity contribution in [3.05, 3.63) is 40.4 Å². The summed E-state index contributed by atoms with van der Waals surface area (Å²) in [4.78, 5) is 11.9. The van der Waals surface area contributed by atoms with Gasteiger partial charge in [-0.25, -0.2) is 4.39 Å². The summed E-state index contributed by atoms with van der Waals surface area (Å²) in [6.07, 6.45) is 0. The number of benzene rings is 1. The summed E-state index contributed by atoms with van der Waals surface area (Å²) < 4.78 is 15.0. The lowest BCUT2D eigenvalue weighted by Crippen LogP contribution is -2.21. The van der Waals surface area contributed by atoms with Gasteiger partial charge in [0.05, 0.1) is 22.8 Å². The molecule has 1 aromatic carbocycles. The first-order valence-corrected chi connectivity index (χ1v) is 6.30. The van der Waals surface area contributed by atoms with Crippen LogP contribution in [0.4, 0.5) is 15.8 Å². The molecule has 0 radical (unpaired) electrons. The number of nitrogens with two attached hydrogens (primary N) is 1. The fraction of sp³-hybridized carbons (Fsp3) is 0.231. The summed E-state index contributed by atoms with van der Waals surface area (Å²) >= 11 is 5.64. The van der Waals surface area contributed by atoms with Gasteiger partial charge in [0, 0.05) is 5.02 Å². The van der Waals surface area contributed by atoms with E-state index in [-0.39, 0.29) is 17.3 Å². The van der Waals surface area contributed by atoms with E-state index in [0.29, 0.717) is 17.1 Å². The van der Waals surface area contributed by atoms with Crippen molar-refractivity contribution in [1.29, 1.82) is 0 Å². The number of anilines is 2. The summed E-state index contributed by atoms with van der Waals surface area (Å²) in [5.41, 5.74) is 7.77. The molecule has 0 aliphatic rings. The molecule has 1 heterocycles. The molecular weight excluding hydrogens is 283 g/mol. The van der Waals surface area contributed by atoms with Crippen molar-refractivity contribution in [1.82, 2.24) is 9.78 Å². The minimum atomic E-state index is -0.585. The van der Waals surface area contributed by atoms with Gasteiger partial charge in [-0.3, -0.25) is 9.48 Å². The Morgan fingerprint density at radius 3 is 2.75 bits per heavy atom. The third-order valence-electron chi connectivity index (χ3n) is 2.94. The van der Waals surface area contributed by atoms with Crippen LogP contribution in [-0.4, -0.2) is 15.7 Å². The van der Waals surface area contributed by atoms with Crippen LogP contribution in [0, 0.1) is 19.7 Å². The number of carbonyl (C=O) groups excluding carboxylic acids is 1. The van der Waals surface area contributed by atoms with Crippen molar-refractivity contribution in [3.8, 4) is 0 Å². The van der Waals surface area contributed by atoms with Crippen LogP contribution in [0.1, 0.15) is 11.4 Å². The van der Waals surface area contributed by atoms with E-state index in [1.165, 1.54) is 16.8 Å².